The zero-order valence-electron chi connectivity index (χ0n) is 8.69. The summed E-state index contributed by atoms with van der Waals surface area (Å²) >= 11 is 0. The van der Waals surface area contributed by atoms with Crippen LogP contribution < -0.4 is 0 Å². The van der Waals surface area contributed by atoms with E-state index < -0.39 is 0 Å². The number of aliphatic hydroxyl groups excluding tert-OH is 1. The average molecular weight is 200 g/mol. The Labute approximate surface area is 85.5 Å². The van der Waals surface area contributed by atoms with Gasteiger partial charge < -0.3 is 10.0 Å². The maximum absolute atomic E-state index is 10.4. The average Bonchev–Trinajstić information content (AvgIpc) is 2.25. The normalized spacial score (nSPS) is 18.5. The van der Waals surface area contributed by atoms with Crippen molar-refractivity contribution in [2.45, 2.75) is 19.3 Å². The molecule has 14 heavy (non-hydrogen) atoms. The monoisotopic (exact) mass is 200 g/mol. The number of aliphatic hydroxyl groups is 1. The van der Waals surface area contributed by atoms with E-state index in [2.05, 4.69) is 4.90 Å². The smallest absolute Gasteiger partial charge is 0.209 e. The van der Waals surface area contributed by atoms with Gasteiger partial charge in [0.05, 0.1) is 0 Å². The van der Waals surface area contributed by atoms with Gasteiger partial charge in [-0.3, -0.25) is 9.69 Å². The van der Waals surface area contributed by atoms with Crippen LogP contribution in [0.15, 0.2) is 0 Å². The van der Waals surface area contributed by atoms with Crippen LogP contribution in [0.1, 0.15) is 19.3 Å². The summed E-state index contributed by atoms with van der Waals surface area (Å²) in [6.45, 7) is 5.13. The van der Waals surface area contributed by atoms with Crippen molar-refractivity contribution in [2.24, 2.45) is 0 Å². The molecule has 0 saturated carbocycles. The summed E-state index contributed by atoms with van der Waals surface area (Å²) in [6.07, 6.45) is 4.10. The molecule has 1 aliphatic rings. The minimum atomic E-state index is 0.304. The minimum absolute atomic E-state index is 0.304. The molecule has 4 heteroatoms. The second kappa shape index (κ2) is 6.79. The van der Waals surface area contributed by atoms with Gasteiger partial charge in [-0.25, -0.2) is 0 Å². The molecule has 0 aliphatic carbocycles. The predicted molar refractivity (Wildman–Crippen MR) is 55.0 cm³/mol. The number of hydrogen-bond acceptors (Lipinski definition) is 3. The molecule has 1 fully saturated rings. The Morgan fingerprint density at radius 3 is 2.36 bits per heavy atom. The molecule has 0 radical (unpaired) electrons. The highest BCUT2D eigenvalue weighted by atomic mass is 16.2. The molecular formula is C10H20N2O2. The van der Waals surface area contributed by atoms with Crippen LogP contribution in [0.2, 0.25) is 0 Å². The fraction of sp³-hybridized carbons (Fsp3) is 0.900. The second-order valence-electron chi connectivity index (χ2n) is 3.77. The zero-order valence-corrected chi connectivity index (χ0v) is 8.69. The number of carbonyl (C=O) groups excluding carboxylic acids is 1. The van der Waals surface area contributed by atoms with Crippen LogP contribution in [0.25, 0.3) is 0 Å². The first-order chi connectivity index (χ1) is 6.86. The van der Waals surface area contributed by atoms with E-state index in [0.29, 0.717) is 6.61 Å². The first kappa shape index (κ1) is 11.5. The van der Waals surface area contributed by atoms with Gasteiger partial charge in [-0.15, -0.1) is 0 Å². The Bertz CT molecular complexity index is 156. The van der Waals surface area contributed by atoms with Crippen LogP contribution in [0.4, 0.5) is 0 Å². The molecule has 0 aromatic rings. The lowest BCUT2D eigenvalue weighted by molar-refractivity contribution is -0.119. The Balaban J connectivity index is 2.01. The van der Waals surface area contributed by atoms with Gasteiger partial charge in [0, 0.05) is 32.8 Å². The van der Waals surface area contributed by atoms with Gasteiger partial charge in [-0.1, -0.05) is 0 Å². The molecule has 0 spiro atoms. The molecule has 0 bridgehead atoms. The van der Waals surface area contributed by atoms with Crippen molar-refractivity contribution < 1.29 is 9.90 Å². The first-order valence-corrected chi connectivity index (χ1v) is 5.39. The molecule has 4 nitrogen and oxygen atoms in total. The predicted octanol–water partition coefficient (Wildman–Crippen LogP) is -0.0770. The van der Waals surface area contributed by atoms with E-state index in [1.807, 2.05) is 4.90 Å². The number of carbonyl (C=O) groups is 1. The molecule has 0 aromatic heterocycles. The number of nitrogens with zero attached hydrogens (tertiary/aromatic N) is 2. The van der Waals surface area contributed by atoms with E-state index >= 15 is 0 Å². The van der Waals surface area contributed by atoms with E-state index in [4.69, 9.17) is 5.11 Å². The summed E-state index contributed by atoms with van der Waals surface area (Å²) in [5, 5.41) is 8.61. The summed E-state index contributed by atoms with van der Waals surface area (Å²) in [6, 6.07) is 0. The lowest BCUT2D eigenvalue weighted by atomic mass is 10.2. The molecule has 0 atom stereocenters. The summed E-state index contributed by atoms with van der Waals surface area (Å²) < 4.78 is 0. The van der Waals surface area contributed by atoms with Crippen molar-refractivity contribution in [3.05, 3.63) is 0 Å². The number of rotatable bonds is 6. The maximum atomic E-state index is 10.4. The van der Waals surface area contributed by atoms with Crippen molar-refractivity contribution in [3.63, 3.8) is 0 Å². The highest BCUT2D eigenvalue weighted by Crippen LogP contribution is 2.02. The van der Waals surface area contributed by atoms with Crippen LogP contribution in [-0.2, 0) is 4.79 Å². The van der Waals surface area contributed by atoms with Gasteiger partial charge in [0.15, 0.2) is 0 Å². The highest BCUT2D eigenvalue weighted by Gasteiger charge is 2.13. The van der Waals surface area contributed by atoms with Crippen molar-refractivity contribution in [3.8, 4) is 0 Å². The van der Waals surface area contributed by atoms with Crippen molar-refractivity contribution in [1.82, 2.24) is 9.80 Å². The fourth-order valence-electron chi connectivity index (χ4n) is 1.72. The Hall–Kier alpha value is -0.610. The molecule has 1 heterocycles. The minimum Gasteiger partial charge on any atom is -0.396 e. The molecular weight excluding hydrogens is 180 g/mol. The third kappa shape index (κ3) is 4.07. The Kier molecular flexibility index (Phi) is 5.56. The lowest BCUT2D eigenvalue weighted by Gasteiger charge is -2.32. The van der Waals surface area contributed by atoms with E-state index in [1.54, 1.807) is 0 Å². The fourth-order valence-corrected chi connectivity index (χ4v) is 1.72. The van der Waals surface area contributed by atoms with Crippen molar-refractivity contribution in [2.75, 3.05) is 39.3 Å². The van der Waals surface area contributed by atoms with Crippen LogP contribution in [-0.4, -0.2) is 60.6 Å². The zero-order chi connectivity index (χ0) is 10.2. The molecule has 0 aromatic carbocycles. The molecule has 1 amide bonds. The molecule has 1 aliphatic heterocycles. The third-order valence-corrected chi connectivity index (χ3v) is 2.69. The first-order valence-electron chi connectivity index (χ1n) is 5.39. The van der Waals surface area contributed by atoms with Crippen LogP contribution in [0, 0.1) is 0 Å². The lowest BCUT2D eigenvalue weighted by Crippen LogP contribution is -2.45. The van der Waals surface area contributed by atoms with E-state index in [0.717, 1.165) is 58.4 Å². The van der Waals surface area contributed by atoms with Gasteiger partial charge in [0.1, 0.15) is 0 Å². The number of amides is 1. The van der Waals surface area contributed by atoms with Crippen LogP contribution in [0.5, 0.6) is 0 Å². The highest BCUT2D eigenvalue weighted by molar-refractivity contribution is 5.47. The topological polar surface area (TPSA) is 43.8 Å². The van der Waals surface area contributed by atoms with E-state index in [1.165, 1.54) is 0 Å². The summed E-state index contributed by atoms with van der Waals surface area (Å²) in [5.41, 5.74) is 0. The number of unbranched alkanes of at least 4 members (excludes halogenated alkanes) is 2. The molecule has 1 N–H and O–H groups in total. The van der Waals surface area contributed by atoms with Gasteiger partial charge in [-0.05, 0) is 25.8 Å². The van der Waals surface area contributed by atoms with Gasteiger partial charge >= 0.3 is 0 Å². The van der Waals surface area contributed by atoms with E-state index in [9.17, 15) is 4.79 Å². The molecule has 0 unspecified atom stereocenters. The Morgan fingerprint density at radius 1 is 1.07 bits per heavy atom. The summed E-state index contributed by atoms with van der Waals surface area (Å²) in [5.74, 6) is 0. The van der Waals surface area contributed by atoms with Crippen LogP contribution in [0.3, 0.4) is 0 Å². The number of hydrogen-bond donors (Lipinski definition) is 1. The molecule has 82 valence electrons. The van der Waals surface area contributed by atoms with Crippen molar-refractivity contribution in [1.29, 1.82) is 0 Å². The van der Waals surface area contributed by atoms with Gasteiger partial charge in [0.2, 0.25) is 6.41 Å². The Morgan fingerprint density at radius 2 is 1.79 bits per heavy atom. The summed E-state index contributed by atoms with van der Waals surface area (Å²) in [7, 11) is 0. The maximum Gasteiger partial charge on any atom is 0.209 e. The van der Waals surface area contributed by atoms with Gasteiger partial charge in [0.25, 0.3) is 0 Å². The molecule has 1 rings (SSSR count). The van der Waals surface area contributed by atoms with E-state index in [-0.39, 0.29) is 0 Å². The van der Waals surface area contributed by atoms with Crippen LogP contribution >= 0.6 is 0 Å². The summed E-state index contributed by atoms with van der Waals surface area (Å²) in [4.78, 5) is 14.7. The second-order valence-corrected chi connectivity index (χ2v) is 3.77. The number of piperazine rings is 1. The largest absolute Gasteiger partial charge is 0.396 e. The van der Waals surface area contributed by atoms with Crippen molar-refractivity contribution >= 4 is 6.41 Å². The SMILES string of the molecule is O=CN1CCN(CCCCCO)CC1. The third-order valence-electron chi connectivity index (χ3n) is 2.69. The van der Waals surface area contributed by atoms with Gasteiger partial charge in [-0.2, -0.15) is 0 Å². The standard InChI is InChI=1S/C10H20N2O2/c13-9-3-1-2-4-11-5-7-12(10-14)8-6-11/h10,13H,1-9H2. The quantitative estimate of drug-likeness (QED) is 0.482. The molecule has 1 saturated heterocycles.